The molecule has 0 N–H and O–H groups in total. The summed E-state index contributed by atoms with van der Waals surface area (Å²) in [6.45, 7) is 2.18. The Morgan fingerprint density at radius 1 is 1.05 bits per heavy atom. The number of hydrogen-bond acceptors (Lipinski definition) is 2. The van der Waals surface area contributed by atoms with Gasteiger partial charge in [-0.2, -0.15) is 0 Å². The summed E-state index contributed by atoms with van der Waals surface area (Å²) in [7, 11) is 0. The van der Waals surface area contributed by atoms with Crippen LogP contribution < -0.4 is 0 Å². The first-order chi connectivity index (χ1) is 10.2. The maximum absolute atomic E-state index is 11.8. The van der Waals surface area contributed by atoms with E-state index in [0.29, 0.717) is 6.61 Å². The summed E-state index contributed by atoms with van der Waals surface area (Å²) in [5.41, 5.74) is 4.06. The summed E-state index contributed by atoms with van der Waals surface area (Å²) in [6, 6.07) is 18.0. The molecule has 108 valence electrons. The lowest BCUT2D eigenvalue weighted by atomic mass is 9.97. The first kappa shape index (κ1) is 15.5. The fraction of sp³-hybridized carbons (Fsp3) is 0.167. The molecule has 0 heterocycles. The van der Waals surface area contributed by atoms with E-state index >= 15 is 0 Å². The molecule has 0 atom stereocenters. The summed E-state index contributed by atoms with van der Waals surface area (Å²) in [6.07, 6.45) is 1.56. The highest BCUT2D eigenvalue weighted by molar-refractivity contribution is 9.08. The summed E-state index contributed by atoms with van der Waals surface area (Å²) >= 11 is 3.44. The second-order valence-electron chi connectivity index (χ2n) is 4.51. The van der Waals surface area contributed by atoms with Crippen LogP contribution in [0.2, 0.25) is 0 Å². The van der Waals surface area contributed by atoms with Crippen LogP contribution in [0.5, 0.6) is 0 Å². The molecule has 0 saturated carbocycles. The van der Waals surface area contributed by atoms with Crippen LogP contribution in [0.3, 0.4) is 0 Å². The molecule has 0 radical (unpaired) electrons. The molecule has 0 amide bonds. The van der Waals surface area contributed by atoms with Crippen LogP contribution in [-0.2, 0) is 14.9 Å². The summed E-state index contributed by atoms with van der Waals surface area (Å²) in [4.78, 5) is 11.8. The van der Waals surface area contributed by atoms with E-state index in [1.165, 1.54) is 5.56 Å². The largest absolute Gasteiger partial charge is 0.463 e. The van der Waals surface area contributed by atoms with E-state index in [4.69, 9.17) is 4.74 Å². The summed E-state index contributed by atoms with van der Waals surface area (Å²) < 4.78 is 5.04. The van der Waals surface area contributed by atoms with E-state index in [0.717, 1.165) is 22.0 Å². The van der Waals surface area contributed by atoms with E-state index in [1.54, 1.807) is 13.0 Å². The zero-order valence-corrected chi connectivity index (χ0v) is 13.5. The molecule has 0 aliphatic carbocycles. The lowest BCUT2D eigenvalue weighted by molar-refractivity contribution is -0.137. The third-order valence-electron chi connectivity index (χ3n) is 3.05. The van der Waals surface area contributed by atoms with Crippen molar-refractivity contribution in [3.05, 3.63) is 77.4 Å². The van der Waals surface area contributed by atoms with Gasteiger partial charge in [0.15, 0.2) is 0 Å². The molecular formula is C18H17BrO2. The van der Waals surface area contributed by atoms with Gasteiger partial charge in [-0.15, -0.1) is 0 Å². The topological polar surface area (TPSA) is 26.3 Å². The molecule has 0 bridgehead atoms. The summed E-state index contributed by atoms with van der Waals surface area (Å²) in [5.74, 6) is -0.319. The third-order valence-corrected chi connectivity index (χ3v) is 3.70. The van der Waals surface area contributed by atoms with Gasteiger partial charge in [-0.25, -0.2) is 4.79 Å². The van der Waals surface area contributed by atoms with Gasteiger partial charge in [-0.1, -0.05) is 70.5 Å². The van der Waals surface area contributed by atoms with Crippen LogP contribution in [0.4, 0.5) is 0 Å². The maximum atomic E-state index is 11.8. The highest BCUT2D eigenvalue weighted by Gasteiger charge is 2.08. The minimum absolute atomic E-state index is 0.319. The monoisotopic (exact) mass is 344 g/mol. The molecule has 2 nitrogen and oxygen atoms in total. The fourth-order valence-corrected chi connectivity index (χ4v) is 2.40. The van der Waals surface area contributed by atoms with Crippen LogP contribution in [0.1, 0.15) is 23.6 Å². The highest BCUT2D eigenvalue weighted by atomic mass is 79.9. The van der Waals surface area contributed by atoms with Crippen molar-refractivity contribution in [3.8, 4) is 0 Å². The lowest BCUT2D eigenvalue weighted by Crippen LogP contribution is -2.01. The van der Waals surface area contributed by atoms with Crippen LogP contribution in [0.25, 0.3) is 5.57 Å². The predicted octanol–water partition coefficient (Wildman–Crippen LogP) is 4.58. The van der Waals surface area contributed by atoms with E-state index in [-0.39, 0.29) is 5.97 Å². The molecule has 0 saturated heterocycles. The van der Waals surface area contributed by atoms with Crippen LogP contribution >= 0.6 is 15.9 Å². The van der Waals surface area contributed by atoms with E-state index < -0.39 is 0 Å². The molecule has 21 heavy (non-hydrogen) atoms. The highest BCUT2D eigenvalue weighted by Crippen LogP contribution is 2.24. The Hall–Kier alpha value is -1.87. The zero-order valence-electron chi connectivity index (χ0n) is 11.9. The number of ether oxygens (including phenoxy) is 1. The van der Waals surface area contributed by atoms with Crippen LogP contribution in [-0.4, -0.2) is 12.6 Å². The fourth-order valence-electron chi connectivity index (χ4n) is 2.03. The van der Waals surface area contributed by atoms with Crippen molar-refractivity contribution in [2.24, 2.45) is 0 Å². The number of benzene rings is 2. The number of esters is 1. The van der Waals surface area contributed by atoms with Gasteiger partial charge in [0.25, 0.3) is 0 Å². The van der Waals surface area contributed by atoms with Crippen molar-refractivity contribution in [2.75, 3.05) is 6.61 Å². The lowest BCUT2D eigenvalue weighted by Gasteiger charge is -2.09. The van der Waals surface area contributed by atoms with E-state index in [2.05, 4.69) is 15.9 Å². The molecule has 0 fully saturated rings. The number of rotatable bonds is 5. The molecule has 3 heteroatoms. The van der Waals surface area contributed by atoms with Gasteiger partial charge in [0.1, 0.15) is 0 Å². The smallest absolute Gasteiger partial charge is 0.331 e. The maximum Gasteiger partial charge on any atom is 0.331 e. The molecule has 0 aliphatic heterocycles. The molecule has 2 aromatic carbocycles. The predicted molar refractivity (Wildman–Crippen MR) is 89.2 cm³/mol. The van der Waals surface area contributed by atoms with Gasteiger partial charge in [0, 0.05) is 11.4 Å². The van der Waals surface area contributed by atoms with Gasteiger partial charge in [-0.05, 0) is 29.2 Å². The SMILES string of the molecule is CCOC(=O)/C=C(\c1ccccc1)c1ccc(CBr)cc1. The second kappa shape index (κ2) is 7.79. The Bertz CT molecular complexity index is 615. The number of alkyl halides is 1. The van der Waals surface area contributed by atoms with E-state index in [9.17, 15) is 4.79 Å². The Morgan fingerprint density at radius 3 is 2.24 bits per heavy atom. The third kappa shape index (κ3) is 4.30. The Labute approximate surface area is 133 Å². The molecular weight excluding hydrogens is 328 g/mol. The first-order valence-corrected chi connectivity index (χ1v) is 7.96. The van der Waals surface area contributed by atoms with Crippen molar-refractivity contribution < 1.29 is 9.53 Å². The molecule has 0 aromatic heterocycles. The Morgan fingerprint density at radius 2 is 1.67 bits per heavy atom. The van der Waals surface area contributed by atoms with Crippen LogP contribution in [0.15, 0.2) is 60.7 Å². The molecule has 2 rings (SSSR count). The molecule has 0 aliphatic rings. The molecule has 0 unspecified atom stereocenters. The van der Waals surface area contributed by atoms with Gasteiger partial charge in [0.05, 0.1) is 6.61 Å². The minimum atomic E-state index is -0.319. The standard InChI is InChI=1S/C18H17BrO2/c1-2-21-18(20)12-17(15-6-4-3-5-7-15)16-10-8-14(13-19)9-11-16/h3-12H,2,13H2,1H3/b17-12+. The second-order valence-corrected chi connectivity index (χ2v) is 5.07. The van der Waals surface area contributed by atoms with Gasteiger partial charge < -0.3 is 4.74 Å². The number of halogens is 1. The quantitative estimate of drug-likeness (QED) is 0.451. The van der Waals surface area contributed by atoms with Crippen molar-refractivity contribution in [1.82, 2.24) is 0 Å². The van der Waals surface area contributed by atoms with Gasteiger partial charge >= 0.3 is 5.97 Å². The Kier molecular flexibility index (Phi) is 5.76. The molecule has 0 spiro atoms. The van der Waals surface area contributed by atoms with Crippen molar-refractivity contribution in [1.29, 1.82) is 0 Å². The zero-order chi connectivity index (χ0) is 15.1. The minimum Gasteiger partial charge on any atom is -0.463 e. The van der Waals surface area contributed by atoms with Crippen molar-refractivity contribution in [3.63, 3.8) is 0 Å². The van der Waals surface area contributed by atoms with E-state index in [1.807, 2.05) is 54.6 Å². The van der Waals surface area contributed by atoms with Crippen molar-refractivity contribution >= 4 is 27.5 Å². The number of hydrogen-bond donors (Lipinski definition) is 0. The normalized spacial score (nSPS) is 11.2. The summed E-state index contributed by atoms with van der Waals surface area (Å²) in [5, 5.41) is 0.815. The van der Waals surface area contributed by atoms with Gasteiger partial charge in [0.2, 0.25) is 0 Å². The number of carbonyl (C=O) groups excluding carboxylic acids is 1. The first-order valence-electron chi connectivity index (χ1n) is 6.83. The average molecular weight is 345 g/mol. The Balaban J connectivity index is 2.42. The average Bonchev–Trinajstić information content (AvgIpc) is 2.54. The number of carbonyl (C=O) groups is 1. The van der Waals surface area contributed by atoms with Gasteiger partial charge in [-0.3, -0.25) is 0 Å². The van der Waals surface area contributed by atoms with Crippen molar-refractivity contribution in [2.45, 2.75) is 12.3 Å². The molecule has 2 aromatic rings. The van der Waals surface area contributed by atoms with Crippen LogP contribution in [0, 0.1) is 0 Å².